The molecule has 0 saturated carbocycles. The van der Waals surface area contributed by atoms with Gasteiger partial charge in [-0.3, -0.25) is 4.90 Å². The van der Waals surface area contributed by atoms with E-state index in [1.807, 2.05) is 13.8 Å². The molecule has 1 atom stereocenters. The van der Waals surface area contributed by atoms with Gasteiger partial charge in [0.25, 0.3) is 0 Å². The predicted octanol–water partition coefficient (Wildman–Crippen LogP) is 2.97. The van der Waals surface area contributed by atoms with E-state index in [1.54, 1.807) is 0 Å². The Morgan fingerprint density at radius 2 is 1.58 bits per heavy atom. The monoisotopic (exact) mass is 189 g/mol. The van der Waals surface area contributed by atoms with E-state index < -0.39 is 0 Å². The van der Waals surface area contributed by atoms with Crippen molar-refractivity contribution in [3.8, 4) is 0 Å². The van der Waals surface area contributed by atoms with Crippen molar-refractivity contribution >= 4 is 9.24 Å². The highest BCUT2D eigenvalue weighted by molar-refractivity contribution is 7.16. The van der Waals surface area contributed by atoms with Crippen molar-refractivity contribution in [2.75, 3.05) is 19.4 Å². The Balaban J connectivity index is 0.000000561. The van der Waals surface area contributed by atoms with Crippen LogP contribution in [0.25, 0.3) is 0 Å². The Kier molecular flexibility index (Phi) is 6.13. The molecule has 0 bridgehead atoms. The Morgan fingerprint density at radius 3 is 1.92 bits per heavy atom. The largest absolute Gasteiger partial charge is 0.300 e. The van der Waals surface area contributed by atoms with Crippen LogP contribution in [0.5, 0.6) is 0 Å². The molecule has 1 aliphatic rings. The van der Waals surface area contributed by atoms with E-state index in [0.29, 0.717) is 5.41 Å². The van der Waals surface area contributed by atoms with Gasteiger partial charge in [0, 0.05) is 6.29 Å². The highest BCUT2D eigenvalue weighted by Gasteiger charge is 2.23. The summed E-state index contributed by atoms with van der Waals surface area (Å²) in [5, 5.41) is 0. The van der Waals surface area contributed by atoms with Crippen molar-refractivity contribution in [2.24, 2.45) is 5.41 Å². The number of nitrogens with zero attached hydrogens (tertiary/aromatic N) is 1. The van der Waals surface area contributed by atoms with E-state index >= 15 is 0 Å². The van der Waals surface area contributed by atoms with Crippen LogP contribution in [0.4, 0.5) is 0 Å². The standard InChI is InChI=1S/C8H18NP.C2H6/c1-8(2)3-5-9(7-10)6-4-8;1-2/h3-7,10H2,1-2H3;1-2H3. The molecule has 1 unspecified atom stereocenters. The minimum atomic E-state index is 0.607. The first kappa shape index (κ1) is 12.4. The average Bonchev–Trinajstić information content (AvgIpc) is 2.08. The fourth-order valence-corrected chi connectivity index (χ4v) is 1.71. The Hall–Kier alpha value is 0.390. The highest BCUT2D eigenvalue weighted by Crippen LogP contribution is 2.29. The van der Waals surface area contributed by atoms with Crippen LogP contribution in [-0.4, -0.2) is 24.3 Å². The second kappa shape index (κ2) is 5.94. The van der Waals surface area contributed by atoms with Crippen LogP contribution >= 0.6 is 9.24 Å². The topological polar surface area (TPSA) is 3.24 Å². The molecule has 1 fully saturated rings. The Bertz CT molecular complexity index is 102. The van der Waals surface area contributed by atoms with Crippen LogP contribution in [-0.2, 0) is 0 Å². The maximum atomic E-state index is 2.79. The molecule has 12 heavy (non-hydrogen) atoms. The highest BCUT2D eigenvalue weighted by atomic mass is 31.0. The molecule has 0 amide bonds. The molecule has 1 nitrogen and oxygen atoms in total. The summed E-state index contributed by atoms with van der Waals surface area (Å²) in [5.74, 6) is 0. The van der Waals surface area contributed by atoms with E-state index in [4.69, 9.17) is 0 Å². The lowest BCUT2D eigenvalue weighted by molar-refractivity contribution is 0.151. The summed E-state index contributed by atoms with van der Waals surface area (Å²) in [4.78, 5) is 2.50. The van der Waals surface area contributed by atoms with Gasteiger partial charge in [-0.2, -0.15) is 0 Å². The van der Waals surface area contributed by atoms with E-state index in [2.05, 4.69) is 28.0 Å². The van der Waals surface area contributed by atoms with Crippen molar-refractivity contribution in [3.05, 3.63) is 0 Å². The van der Waals surface area contributed by atoms with Gasteiger partial charge >= 0.3 is 0 Å². The zero-order valence-corrected chi connectivity index (χ0v) is 10.2. The van der Waals surface area contributed by atoms with Crippen molar-refractivity contribution in [2.45, 2.75) is 40.5 Å². The third-order valence-corrected chi connectivity index (χ3v) is 2.98. The first-order valence-electron chi connectivity index (χ1n) is 5.06. The van der Waals surface area contributed by atoms with Crippen LogP contribution < -0.4 is 0 Å². The van der Waals surface area contributed by atoms with Gasteiger partial charge in [0.05, 0.1) is 0 Å². The first-order valence-corrected chi connectivity index (χ1v) is 5.88. The molecular formula is C10H24NP. The van der Waals surface area contributed by atoms with Crippen molar-refractivity contribution in [1.82, 2.24) is 4.90 Å². The minimum Gasteiger partial charge on any atom is -0.300 e. The first-order chi connectivity index (χ1) is 5.64. The normalized spacial score (nSPS) is 22.8. The summed E-state index contributed by atoms with van der Waals surface area (Å²) in [5.41, 5.74) is 0.607. The molecule has 0 spiro atoms. The lowest BCUT2D eigenvalue weighted by atomic mass is 9.83. The van der Waals surface area contributed by atoms with Crippen molar-refractivity contribution in [1.29, 1.82) is 0 Å². The van der Waals surface area contributed by atoms with E-state index in [9.17, 15) is 0 Å². The molecule has 1 aliphatic heterocycles. The average molecular weight is 189 g/mol. The van der Waals surface area contributed by atoms with Crippen molar-refractivity contribution < 1.29 is 0 Å². The van der Waals surface area contributed by atoms with E-state index in [-0.39, 0.29) is 0 Å². The van der Waals surface area contributed by atoms with Gasteiger partial charge in [-0.25, -0.2) is 0 Å². The van der Waals surface area contributed by atoms with Crippen molar-refractivity contribution in [3.63, 3.8) is 0 Å². The number of likely N-dealkylation sites (tertiary alicyclic amines) is 1. The quantitative estimate of drug-likeness (QED) is 0.573. The minimum absolute atomic E-state index is 0.607. The lowest BCUT2D eigenvalue weighted by Gasteiger charge is -2.36. The molecule has 0 aromatic carbocycles. The maximum Gasteiger partial charge on any atom is 0.0126 e. The summed E-state index contributed by atoms with van der Waals surface area (Å²) in [6.45, 7) is 11.3. The Labute approximate surface area is 80.1 Å². The van der Waals surface area contributed by atoms with E-state index in [0.717, 1.165) is 6.29 Å². The van der Waals surface area contributed by atoms with Gasteiger partial charge in [-0.15, -0.1) is 9.24 Å². The zero-order valence-electron chi connectivity index (χ0n) is 9.06. The summed E-state index contributed by atoms with van der Waals surface area (Å²) in [6.07, 6.45) is 3.87. The molecule has 1 rings (SSSR count). The van der Waals surface area contributed by atoms with Gasteiger partial charge in [0.15, 0.2) is 0 Å². The fraction of sp³-hybridized carbons (Fsp3) is 1.00. The molecule has 0 N–H and O–H groups in total. The van der Waals surface area contributed by atoms with Gasteiger partial charge in [0.1, 0.15) is 0 Å². The molecule has 0 aromatic rings. The SMILES string of the molecule is CC.CC1(C)CCN(CP)CC1. The number of rotatable bonds is 1. The summed E-state index contributed by atoms with van der Waals surface area (Å²) >= 11 is 0. The molecule has 0 aromatic heterocycles. The summed E-state index contributed by atoms with van der Waals surface area (Å²) < 4.78 is 0. The molecule has 2 heteroatoms. The lowest BCUT2D eigenvalue weighted by Crippen LogP contribution is -2.36. The second-order valence-electron chi connectivity index (χ2n) is 3.96. The van der Waals surface area contributed by atoms with Gasteiger partial charge in [0.2, 0.25) is 0 Å². The fourth-order valence-electron chi connectivity index (χ4n) is 1.34. The van der Waals surface area contributed by atoms with Crippen LogP contribution in [0.15, 0.2) is 0 Å². The smallest absolute Gasteiger partial charge is 0.0126 e. The summed E-state index contributed by atoms with van der Waals surface area (Å²) in [7, 11) is 2.79. The van der Waals surface area contributed by atoms with Crippen LogP contribution in [0.1, 0.15) is 40.5 Å². The molecule has 1 heterocycles. The third-order valence-electron chi connectivity index (χ3n) is 2.47. The number of hydrogen-bond donors (Lipinski definition) is 0. The number of piperidine rings is 1. The molecule has 0 aliphatic carbocycles. The second-order valence-corrected chi connectivity index (χ2v) is 4.33. The maximum absolute atomic E-state index is 2.79. The van der Waals surface area contributed by atoms with Gasteiger partial charge < -0.3 is 0 Å². The number of hydrogen-bond acceptors (Lipinski definition) is 1. The molecule has 0 radical (unpaired) electrons. The molecular weight excluding hydrogens is 165 g/mol. The summed E-state index contributed by atoms with van der Waals surface area (Å²) in [6, 6.07) is 0. The van der Waals surface area contributed by atoms with Crippen LogP contribution in [0, 0.1) is 5.41 Å². The van der Waals surface area contributed by atoms with Crippen LogP contribution in [0.2, 0.25) is 0 Å². The zero-order chi connectivity index (χ0) is 9.61. The third kappa shape index (κ3) is 4.42. The predicted molar refractivity (Wildman–Crippen MR) is 60.5 cm³/mol. The van der Waals surface area contributed by atoms with Crippen LogP contribution in [0.3, 0.4) is 0 Å². The molecule has 1 saturated heterocycles. The van der Waals surface area contributed by atoms with Gasteiger partial charge in [-0.05, 0) is 31.3 Å². The Morgan fingerprint density at radius 1 is 1.17 bits per heavy atom. The van der Waals surface area contributed by atoms with E-state index in [1.165, 1.54) is 25.9 Å². The molecule has 74 valence electrons. The van der Waals surface area contributed by atoms with Gasteiger partial charge in [-0.1, -0.05) is 27.7 Å².